The Labute approximate surface area is 229 Å². The van der Waals surface area contributed by atoms with Gasteiger partial charge in [-0.2, -0.15) is 0 Å². The fourth-order valence-corrected chi connectivity index (χ4v) is 4.05. The van der Waals surface area contributed by atoms with Crippen LogP contribution in [0.3, 0.4) is 0 Å². The van der Waals surface area contributed by atoms with Gasteiger partial charge in [-0.25, -0.2) is 9.38 Å². The fourth-order valence-electron chi connectivity index (χ4n) is 4.05. The second kappa shape index (κ2) is 16.5. The molecule has 0 radical (unpaired) electrons. The first-order chi connectivity index (χ1) is 18.9. The smallest absolute Gasteiger partial charge is 0.257 e. The number of terminal acetylenes is 1. The van der Waals surface area contributed by atoms with E-state index < -0.39 is 11.7 Å². The van der Waals surface area contributed by atoms with E-state index in [-0.39, 0.29) is 17.8 Å². The molecular weight excluding hydrogens is 501 g/mol. The van der Waals surface area contributed by atoms with Gasteiger partial charge in [0.15, 0.2) is 0 Å². The van der Waals surface area contributed by atoms with Gasteiger partial charge in [-0.05, 0) is 74.2 Å². The van der Waals surface area contributed by atoms with Crippen molar-refractivity contribution in [2.45, 2.75) is 38.5 Å². The molecule has 2 aliphatic rings. The molecule has 2 saturated heterocycles. The van der Waals surface area contributed by atoms with Crippen molar-refractivity contribution in [1.29, 1.82) is 0 Å². The summed E-state index contributed by atoms with van der Waals surface area (Å²) in [4.78, 5) is 43.1. The summed E-state index contributed by atoms with van der Waals surface area (Å²) < 4.78 is 17.8. The van der Waals surface area contributed by atoms with Crippen molar-refractivity contribution >= 4 is 29.4 Å². The molecule has 2 heterocycles. The van der Waals surface area contributed by atoms with Gasteiger partial charge < -0.3 is 20.3 Å². The third-order valence-electron chi connectivity index (χ3n) is 6.13. The van der Waals surface area contributed by atoms with Crippen molar-refractivity contribution in [2.75, 3.05) is 33.3 Å². The van der Waals surface area contributed by atoms with E-state index in [1.807, 2.05) is 4.90 Å². The van der Waals surface area contributed by atoms with Crippen molar-refractivity contribution in [1.82, 2.24) is 15.1 Å². The number of amides is 3. The minimum atomic E-state index is -0.454. The van der Waals surface area contributed by atoms with Gasteiger partial charge in [0, 0.05) is 31.6 Å². The molecule has 39 heavy (non-hydrogen) atoms. The van der Waals surface area contributed by atoms with Crippen LogP contribution < -0.4 is 15.8 Å². The number of rotatable bonds is 5. The summed E-state index contributed by atoms with van der Waals surface area (Å²) in [6.45, 7) is 2.82. The molecule has 3 amide bonds. The lowest BCUT2D eigenvalue weighted by Crippen LogP contribution is -2.41. The molecule has 2 aliphatic heterocycles. The third-order valence-corrected chi connectivity index (χ3v) is 6.13. The molecule has 0 spiro atoms. The Balaban J connectivity index is 0.000000265. The van der Waals surface area contributed by atoms with Crippen LogP contribution in [0, 0.1) is 18.7 Å². The molecule has 0 atom stereocenters. The molecule has 9 nitrogen and oxygen atoms in total. The summed E-state index contributed by atoms with van der Waals surface area (Å²) in [5, 5.41) is 2.43. The van der Waals surface area contributed by atoms with Crippen LogP contribution in [0.4, 0.5) is 10.1 Å². The summed E-state index contributed by atoms with van der Waals surface area (Å²) in [7, 11) is 1.57. The van der Waals surface area contributed by atoms with Gasteiger partial charge in [0.1, 0.15) is 11.6 Å². The van der Waals surface area contributed by atoms with Crippen molar-refractivity contribution in [2.24, 2.45) is 10.7 Å². The predicted molar refractivity (Wildman–Crippen MR) is 149 cm³/mol. The molecule has 0 saturated carbocycles. The standard InChI is InChI=1S/C15H14FN3O2.C12H20N2O2.C2H2/c1-21-13-8-6-12(7-9-13)18-15(17)19-14(20)10-2-4-11(16)5-3-10;15-11-6-2-1-3-9-14(11)10-12(16)13-7-4-5-8-13;1-2/h2-9H,1H3,(H3,17,18,19,20);1-10H2;1-2H. The van der Waals surface area contributed by atoms with Gasteiger partial charge in [0.25, 0.3) is 5.91 Å². The van der Waals surface area contributed by atoms with E-state index in [0.717, 1.165) is 51.7 Å². The molecule has 2 aromatic carbocycles. The predicted octanol–water partition coefficient (Wildman–Crippen LogP) is 3.47. The minimum absolute atomic E-state index is 0.0468. The maximum absolute atomic E-state index is 12.8. The first-order valence-corrected chi connectivity index (χ1v) is 12.8. The highest BCUT2D eigenvalue weighted by Gasteiger charge is 2.23. The Morgan fingerprint density at radius 2 is 1.59 bits per heavy atom. The highest BCUT2D eigenvalue weighted by Crippen LogP contribution is 2.17. The van der Waals surface area contributed by atoms with E-state index in [1.165, 1.54) is 24.3 Å². The number of nitrogens with two attached hydrogens (primary N) is 1. The number of guanidine groups is 1. The number of halogens is 1. The molecule has 4 rings (SSSR count). The second-order valence-electron chi connectivity index (χ2n) is 8.87. The molecule has 10 heteroatoms. The maximum atomic E-state index is 12.8. The third kappa shape index (κ3) is 10.5. The number of methoxy groups -OCH3 is 1. The number of aliphatic imine (C=N–C) groups is 1. The van der Waals surface area contributed by atoms with Crippen molar-refractivity contribution < 1.29 is 23.5 Å². The van der Waals surface area contributed by atoms with Crippen LogP contribution in [0.1, 0.15) is 48.9 Å². The van der Waals surface area contributed by atoms with E-state index >= 15 is 0 Å². The van der Waals surface area contributed by atoms with E-state index in [0.29, 0.717) is 30.0 Å². The van der Waals surface area contributed by atoms with E-state index in [1.54, 1.807) is 36.3 Å². The summed E-state index contributed by atoms with van der Waals surface area (Å²) >= 11 is 0. The zero-order valence-corrected chi connectivity index (χ0v) is 22.3. The number of benzene rings is 2. The highest BCUT2D eigenvalue weighted by molar-refractivity contribution is 6.05. The monoisotopic (exact) mass is 537 g/mol. The summed E-state index contributed by atoms with van der Waals surface area (Å²) in [5.41, 5.74) is 6.53. The first-order valence-electron chi connectivity index (χ1n) is 12.8. The molecule has 0 aromatic heterocycles. The first kappa shape index (κ1) is 30.8. The zero-order chi connectivity index (χ0) is 28.6. The normalized spacial score (nSPS) is 15.2. The fraction of sp³-hybridized carbons (Fsp3) is 0.379. The Bertz CT molecular complexity index is 1130. The van der Waals surface area contributed by atoms with Crippen molar-refractivity contribution in [3.05, 3.63) is 59.9 Å². The lowest BCUT2D eigenvalue weighted by atomic mass is 10.2. The topological polar surface area (TPSA) is 117 Å². The van der Waals surface area contributed by atoms with Crippen LogP contribution in [0.5, 0.6) is 5.75 Å². The van der Waals surface area contributed by atoms with Gasteiger partial charge in [-0.3, -0.25) is 19.7 Å². The Morgan fingerprint density at radius 3 is 2.21 bits per heavy atom. The summed E-state index contributed by atoms with van der Waals surface area (Å²) in [5.74, 6) is 0.0753. The van der Waals surface area contributed by atoms with Crippen LogP contribution in [0.25, 0.3) is 0 Å². The van der Waals surface area contributed by atoms with Crippen LogP contribution in [0.2, 0.25) is 0 Å². The van der Waals surface area contributed by atoms with E-state index in [2.05, 4.69) is 23.2 Å². The van der Waals surface area contributed by atoms with Crippen LogP contribution in [-0.2, 0) is 9.59 Å². The van der Waals surface area contributed by atoms with Crippen LogP contribution >= 0.6 is 0 Å². The second-order valence-corrected chi connectivity index (χ2v) is 8.87. The quantitative estimate of drug-likeness (QED) is 0.344. The summed E-state index contributed by atoms with van der Waals surface area (Å²) in [6.07, 6.45) is 14.0. The van der Waals surface area contributed by atoms with E-state index in [9.17, 15) is 18.8 Å². The maximum Gasteiger partial charge on any atom is 0.257 e. The number of hydrogen-bond donors (Lipinski definition) is 2. The average Bonchev–Trinajstić information content (AvgIpc) is 3.42. The number of likely N-dealkylation sites (tertiary alicyclic amines) is 2. The SMILES string of the molecule is C#C.COc1ccc(N=C(N)NC(=O)c2ccc(F)cc2)cc1.O=C(CN1CCCCCC1=O)N1CCCC1. The molecule has 0 unspecified atom stereocenters. The van der Waals surface area contributed by atoms with Gasteiger partial charge >= 0.3 is 0 Å². The number of carbonyl (C=O) groups excluding carboxylic acids is 3. The van der Waals surface area contributed by atoms with E-state index in [4.69, 9.17) is 10.5 Å². The number of ether oxygens (including phenoxy) is 1. The molecular formula is C29H36FN5O4. The number of hydrogen-bond acceptors (Lipinski definition) is 5. The van der Waals surface area contributed by atoms with Gasteiger partial charge in [0.05, 0.1) is 19.3 Å². The number of nitrogens with one attached hydrogen (secondary N) is 1. The Morgan fingerprint density at radius 1 is 0.974 bits per heavy atom. The van der Waals surface area contributed by atoms with Gasteiger partial charge in [0.2, 0.25) is 17.8 Å². The molecule has 2 aromatic rings. The zero-order valence-electron chi connectivity index (χ0n) is 22.3. The van der Waals surface area contributed by atoms with Gasteiger partial charge in [-0.15, -0.1) is 12.8 Å². The number of carbonyl (C=O) groups is 3. The Kier molecular flexibility index (Phi) is 13.0. The lowest BCUT2D eigenvalue weighted by molar-refractivity contribution is -0.139. The molecule has 208 valence electrons. The molecule has 0 bridgehead atoms. The number of nitrogens with zero attached hydrogens (tertiary/aromatic N) is 3. The Hall–Kier alpha value is -4.39. The van der Waals surface area contributed by atoms with Crippen molar-refractivity contribution in [3.63, 3.8) is 0 Å². The van der Waals surface area contributed by atoms with Crippen molar-refractivity contribution in [3.8, 4) is 18.6 Å². The van der Waals surface area contributed by atoms with Gasteiger partial charge in [-0.1, -0.05) is 6.42 Å². The largest absolute Gasteiger partial charge is 0.497 e. The molecule has 0 aliphatic carbocycles. The van der Waals surface area contributed by atoms with Crippen LogP contribution in [0.15, 0.2) is 53.5 Å². The lowest BCUT2D eigenvalue weighted by Gasteiger charge is -2.23. The van der Waals surface area contributed by atoms with Crippen LogP contribution in [-0.4, -0.2) is 66.8 Å². The highest BCUT2D eigenvalue weighted by atomic mass is 19.1. The molecule has 2 fully saturated rings. The minimum Gasteiger partial charge on any atom is -0.497 e. The summed E-state index contributed by atoms with van der Waals surface area (Å²) in [6, 6.07) is 12.0. The average molecular weight is 538 g/mol. The molecule has 3 N–H and O–H groups in total.